The molecule has 0 saturated heterocycles. The number of hydrogen-bond acceptors (Lipinski definition) is 4. The largest absolute Gasteiger partial charge is 0.343 e. The lowest BCUT2D eigenvalue weighted by atomic mass is 9.94. The average Bonchev–Trinajstić information content (AvgIpc) is 2.87. The van der Waals surface area contributed by atoms with Crippen LogP contribution >= 0.6 is 0 Å². The van der Waals surface area contributed by atoms with Gasteiger partial charge in [-0.3, -0.25) is 19.3 Å². The highest BCUT2D eigenvalue weighted by atomic mass is 19.1. The molecule has 2 atom stereocenters. The number of imide groups is 1. The molecule has 0 bridgehead atoms. The fraction of sp³-hybridized carbons (Fsp3) is 0.292. The summed E-state index contributed by atoms with van der Waals surface area (Å²) in [4.78, 5) is 42.0. The second-order valence-corrected chi connectivity index (χ2v) is 7.82. The lowest BCUT2D eigenvalue weighted by Crippen LogP contribution is -2.56. The summed E-state index contributed by atoms with van der Waals surface area (Å²) in [7, 11) is 1.60. The summed E-state index contributed by atoms with van der Waals surface area (Å²) in [5.74, 6) is -3.64. The minimum atomic E-state index is -1.24. The zero-order valence-electron chi connectivity index (χ0n) is 17.9. The van der Waals surface area contributed by atoms with Gasteiger partial charge in [-0.2, -0.15) is 0 Å². The van der Waals surface area contributed by atoms with E-state index in [9.17, 15) is 23.2 Å². The van der Waals surface area contributed by atoms with Crippen LogP contribution in [0.15, 0.2) is 54.6 Å². The summed E-state index contributed by atoms with van der Waals surface area (Å²) in [5, 5.41) is 0. The van der Waals surface area contributed by atoms with Crippen molar-refractivity contribution < 1.29 is 23.2 Å². The Hall–Kier alpha value is -3.39. The van der Waals surface area contributed by atoms with E-state index >= 15 is 0 Å². The monoisotopic (exact) mass is 441 g/mol. The third-order valence-electron chi connectivity index (χ3n) is 5.27. The van der Waals surface area contributed by atoms with E-state index in [4.69, 9.17) is 5.73 Å². The van der Waals surface area contributed by atoms with Crippen LogP contribution < -0.4 is 5.73 Å². The van der Waals surface area contributed by atoms with E-state index in [1.807, 2.05) is 12.1 Å². The first-order chi connectivity index (χ1) is 15.2. The van der Waals surface area contributed by atoms with Crippen LogP contribution in [0.25, 0.3) is 5.57 Å². The number of benzene rings is 2. The molecule has 3 amide bonds. The van der Waals surface area contributed by atoms with Crippen LogP contribution in [-0.4, -0.2) is 53.2 Å². The lowest BCUT2D eigenvalue weighted by molar-refractivity contribution is -0.152. The fourth-order valence-electron chi connectivity index (χ4n) is 3.72. The number of rotatable bonds is 5. The molecular weight excluding hydrogens is 416 g/mol. The molecule has 2 aromatic carbocycles. The van der Waals surface area contributed by atoms with Gasteiger partial charge in [-0.1, -0.05) is 36.4 Å². The summed E-state index contributed by atoms with van der Waals surface area (Å²) in [5.41, 5.74) is 7.06. The molecule has 3 rings (SSSR count). The molecule has 0 spiro atoms. The molecule has 6 nitrogen and oxygen atoms in total. The standard InChI is InChI=1S/C24H25F2N3O3/c1-15(27)23(31)29(21(30)13-16-11-18(25)14-19(26)12-16)22-20(17-7-4-3-5-8-17)9-6-10-28(2)24(22)32/h3-5,7-9,11-12,14-15,22H,6,10,13,27H2,1-2H3/t15-,22-/m0/s1. The van der Waals surface area contributed by atoms with Crippen LogP contribution in [-0.2, 0) is 20.8 Å². The van der Waals surface area contributed by atoms with E-state index in [1.165, 1.54) is 11.8 Å². The molecule has 2 N–H and O–H groups in total. The van der Waals surface area contributed by atoms with Gasteiger partial charge in [0.15, 0.2) is 0 Å². The predicted octanol–water partition coefficient (Wildman–Crippen LogP) is 2.52. The SMILES string of the molecule is C[C@H](N)C(=O)N(C(=O)Cc1cc(F)cc(F)c1)[C@@H]1C(=O)N(C)CCC=C1c1ccccc1. The zero-order valence-corrected chi connectivity index (χ0v) is 17.9. The third kappa shape index (κ3) is 5.08. The van der Waals surface area contributed by atoms with E-state index in [0.29, 0.717) is 30.2 Å². The van der Waals surface area contributed by atoms with Crippen LogP contribution in [0, 0.1) is 11.6 Å². The minimum absolute atomic E-state index is 0.0506. The summed E-state index contributed by atoms with van der Waals surface area (Å²) in [6, 6.07) is 9.40. The van der Waals surface area contributed by atoms with Crippen molar-refractivity contribution in [2.24, 2.45) is 5.73 Å². The molecular formula is C24H25F2N3O3. The molecule has 32 heavy (non-hydrogen) atoms. The number of nitrogens with zero attached hydrogens (tertiary/aromatic N) is 2. The van der Waals surface area contributed by atoms with E-state index < -0.39 is 47.9 Å². The van der Waals surface area contributed by atoms with Gasteiger partial charge in [-0.05, 0) is 42.2 Å². The molecule has 1 aliphatic rings. The molecule has 2 aromatic rings. The highest BCUT2D eigenvalue weighted by Gasteiger charge is 2.40. The van der Waals surface area contributed by atoms with Crippen molar-refractivity contribution in [3.8, 4) is 0 Å². The highest BCUT2D eigenvalue weighted by molar-refractivity contribution is 6.08. The van der Waals surface area contributed by atoms with Crippen molar-refractivity contribution in [1.82, 2.24) is 9.80 Å². The van der Waals surface area contributed by atoms with Gasteiger partial charge in [-0.15, -0.1) is 0 Å². The van der Waals surface area contributed by atoms with Gasteiger partial charge in [0, 0.05) is 19.7 Å². The van der Waals surface area contributed by atoms with Gasteiger partial charge in [0.1, 0.15) is 17.7 Å². The first kappa shape index (κ1) is 23.3. The molecule has 168 valence electrons. The second kappa shape index (κ2) is 9.82. The minimum Gasteiger partial charge on any atom is -0.343 e. The van der Waals surface area contributed by atoms with Gasteiger partial charge >= 0.3 is 0 Å². The highest BCUT2D eigenvalue weighted by Crippen LogP contribution is 2.28. The molecule has 0 unspecified atom stereocenters. The third-order valence-corrected chi connectivity index (χ3v) is 5.27. The summed E-state index contributed by atoms with van der Waals surface area (Å²) < 4.78 is 27.3. The first-order valence-corrected chi connectivity index (χ1v) is 10.3. The topological polar surface area (TPSA) is 83.7 Å². The molecule has 0 aromatic heterocycles. The molecule has 0 fully saturated rings. The van der Waals surface area contributed by atoms with Crippen LogP contribution in [0.4, 0.5) is 8.78 Å². The Kier molecular flexibility index (Phi) is 7.15. The Bertz CT molecular complexity index is 1030. The van der Waals surface area contributed by atoms with E-state index in [-0.39, 0.29) is 5.56 Å². The van der Waals surface area contributed by atoms with E-state index in [0.717, 1.165) is 17.0 Å². The van der Waals surface area contributed by atoms with Crippen molar-refractivity contribution in [2.75, 3.05) is 13.6 Å². The smallest absolute Gasteiger partial charge is 0.250 e. The predicted molar refractivity (Wildman–Crippen MR) is 116 cm³/mol. The average molecular weight is 441 g/mol. The second-order valence-electron chi connectivity index (χ2n) is 7.82. The van der Waals surface area contributed by atoms with Crippen LogP contribution in [0.2, 0.25) is 0 Å². The quantitative estimate of drug-likeness (QED) is 0.773. The Morgan fingerprint density at radius 3 is 2.38 bits per heavy atom. The maximum atomic E-state index is 13.6. The Morgan fingerprint density at radius 1 is 1.16 bits per heavy atom. The van der Waals surface area contributed by atoms with Crippen molar-refractivity contribution in [3.05, 3.63) is 77.4 Å². The first-order valence-electron chi connectivity index (χ1n) is 10.3. The maximum absolute atomic E-state index is 13.6. The molecule has 0 aliphatic carbocycles. The van der Waals surface area contributed by atoms with Crippen molar-refractivity contribution >= 4 is 23.3 Å². The van der Waals surface area contributed by atoms with Gasteiger partial charge in [0.2, 0.25) is 17.7 Å². The fourth-order valence-corrected chi connectivity index (χ4v) is 3.72. The van der Waals surface area contributed by atoms with Gasteiger partial charge in [-0.25, -0.2) is 8.78 Å². The number of carbonyl (C=O) groups excluding carboxylic acids is 3. The van der Waals surface area contributed by atoms with Crippen molar-refractivity contribution in [3.63, 3.8) is 0 Å². The Balaban J connectivity index is 2.09. The Labute approximate surface area is 185 Å². The maximum Gasteiger partial charge on any atom is 0.250 e. The van der Waals surface area contributed by atoms with E-state index in [2.05, 4.69) is 0 Å². The normalized spacial score (nSPS) is 17.4. The lowest BCUT2D eigenvalue weighted by Gasteiger charge is -2.33. The van der Waals surface area contributed by atoms with Crippen molar-refractivity contribution in [1.29, 1.82) is 0 Å². The number of halogens is 2. The number of likely N-dealkylation sites (N-methyl/N-ethyl adjacent to an activating group) is 1. The molecule has 8 heteroatoms. The van der Waals surface area contributed by atoms with Crippen molar-refractivity contribution in [2.45, 2.75) is 31.8 Å². The number of hydrogen-bond donors (Lipinski definition) is 1. The van der Waals surface area contributed by atoms with Crippen LogP contribution in [0.1, 0.15) is 24.5 Å². The summed E-state index contributed by atoms with van der Waals surface area (Å²) >= 11 is 0. The van der Waals surface area contributed by atoms with Gasteiger partial charge in [0.05, 0.1) is 12.5 Å². The van der Waals surface area contributed by atoms with Gasteiger partial charge < -0.3 is 10.6 Å². The summed E-state index contributed by atoms with van der Waals surface area (Å²) in [6.45, 7) is 1.83. The van der Waals surface area contributed by atoms with Gasteiger partial charge in [0.25, 0.3) is 0 Å². The molecule has 0 radical (unpaired) electrons. The van der Waals surface area contributed by atoms with Crippen LogP contribution in [0.5, 0.6) is 0 Å². The number of nitrogens with two attached hydrogens (primary N) is 1. The number of amides is 3. The molecule has 0 saturated carbocycles. The summed E-state index contributed by atoms with van der Waals surface area (Å²) in [6.07, 6.45) is 1.90. The molecule has 1 aliphatic heterocycles. The zero-order chi connectivity index (χ0) is 23.4. The van der Waals surface area contributed by atoms with Crippen LogP contribution in [0.3, 0.4) is 0 Å². The Morgan fingerprint density at radius 2 is 1.78 bits per heavy atom. The number of carbonyl (C=O) groups is 3. The van der Waals surface area contributed by atoms with E-state index in [1.54, 1.807) is 31.3 Å². The molecule has 1 heterocycles.